The van der Waals surface area contributed by atoms with E-state index in [0.717, 1.165) is 0 Å². The van der Waals surface area contributed by atoms with Crippen LogP contribution in [0.3, 0.4) is 0 Å². The Labute approximate surface area is 93.8 Å². The van der Waals surface area contributed by atoms with Gasteiger partial charge in [0.05, 0.1) is 5.60 Å². The maximum absolute atomic E-state index is 11.1. The lowest BCUT2D eigenvalue weighted by atomic mass is 10.1. The fourth-order valence-electron chi connectivity index (χ4n) is 1.20. The molecule has 0 saturated carbocycles. The topological polar surface area (TPSA) is 52.6 Å². The van der Waals surface area contributed by atoms with Crippen molar-refractivity contribution in [3.8, 4) is 0 Å². The van der Waals surface area contributed by atoms with E-state index >= 15 is 0 Å². The molecule has 1 amide bonds. The first kappa shape index (κ1) is 13.9. The summed E-state index contributed by atoms with van der Waals surface area (Å²) in [6, 6.07) is 0. The zero-order valence-corrected chi connectivity index (χ0v) is 10.6. The summed E-state index contributed by atoms with van der Waals surface area (Å²) in [5.41, 5.74) is -0.870. The third kappa shape index (κ3) is 7.29. The summed E-state index contributed by atoms with van der Waals surface area (Å²) < 4.78 is 0. The standard InChI is InChI=1S/C9H19BrN2O2/c1-9(14,7-12(2)3)6-11-8(13)4-5-10/h14H,4-7H2,1-3H3,(H,11,13). The Morgan fingerprint density at radius 1 is 1.57 bits per heavy atom. The lowest BCUT2D eigenvalue weighted by molar-refractivity contribution is -0.121. The fourth-order valence-corrected chi connectivity index (χ4v) is 1.56. The van der Waals surface area contributed by atoms with Gasteiger partial charge in [0.1, 0.15) is 0 Å². The van der Waals surface area contributed by atoms with E-state index in [9.17, 15) is 9.90 Å². The zero-order chi connectivity index (χ0) is 11.2. The molecule has 84 valence electrons. The number of carbonyl (C=O) groups is 1. The summed E-state index contributed by atoms with van der Waals surface area (Å²) in [5, 5.41) is 13.2. The molecule has 0 aromatic carbocycles. The average Bonchev–Trinajstić information content (AvgIpc) is 1.99. The molecule has 0 aliphatic rings. The van der Waals surface area contributed by atoms with Gasteiger partial charge in [-0.05, 0) is 21.0 Å². The highest BCUT2D eigenvalue weighted by Crippen LogP contribution is 2.02. The number of likely N-dealkylation sites (N-methyl/N-ethyl adjacent to an activating group) is 1. The number of nitrogens with one attached hydrogen (secondary N) is 1. The quantitative estimate of drug-likeness (QED) is 0.676. The Hall–Kier alpha value is -0.130. The molecule has 1 unspecified atom stereocenters. The normalized spacial score (nSPS) is 15.3. The van der Waals surface area contributed by atoms with Gasteiger partial charge in [-0.2, -0.15) is 0 Å². The molecular formula is C9H19BrN2O2. The van der Waals surface area contributed by atoms with Gasteiger partial charge >= 0.3 is 0 Å². The predicted molar refractivity (Wildman–Crippen MR) is 60.6 cm³/mol. The first-order chi connectivity index (χ1) is 6.37. The van der Waals surface area contributed by atoms with E-state index in [-0.39, 0.29) is 12.5 Å². The Morgan fingerprint density at radius 3 is 2.57 bits per heavy atom. The molecule has 1 atom stereocenters. The van der Waals surface area contributed by atoms with Crippen molar-refractivity contribution in [2.75, 3.05) is 32.5 Å². The number of aliphatic hydroxyl groups is 1. The maximum atomic E-state index is 11.1. The van der Waals surface area contributed by atoms with Gasteiger partial charge in [0.25, 0.3) is 0 Å². The first-order valence-corrected chi connectivity index (χ1v) is 5.69. The third-order valence-electron chi connectivity index (χ3n) is 1.64. The first-order valence-electron chi connectivity index (χ1n) is 4.57. The smallest absolute Gasteiger partial charge is 0.220 e. The molecule has 0 aliphatic heterocycles. The molecule has 0 aliphatic carbocycles. The molecule has 0 spiro atoms. The van der Waals surface area contributed by atoms with Crippen LogP contribution in [0.15, 0.2) is 0 Å². The van der Waals surface area contributed by atoms with E-state index in [4.69, 9.17) is 0 Å². The summed E-state index contributed by atoms with van der Waals surface area (Å²) in [6.07, 6.45) is 0.443. The maximum Gasteiger partial charge on any atom is 0.220 e. The number of alkyl halides is 1. The number of rotatable bonds is 6. The SMILES string of the molecule is CN(C)CC(C)(O)CNC(=O)CCBr. The van der Waals surface area contributed by atoms with Crippen molar-refractivity contribution >= 4 is 21.8 Å². The van der Waals surface area contributed by atoms with Crippen LogP contribution in [0.1, 0.15) is 13.3 Å². The second kappa shape index (κ2) is 6.37. The van der Waals surface area contributed by atoms with Crippen LogP contribution >= 0.6 is 15.9 Å². The van der Waals surface area contributed by atoms with E-state index in [1.165, 1.54) is 0 Å². The molecule has 4 nitrogen and oxygen atoms in total. The van der Waals surface area contributed by atoms with Gasteiger partial charge in [0.2, 0.25) is 5.91 Å². The zero-order valence-electron chi connectivity index (χ0n) is 9.01. The minimum atomic E-state index is -0.870. The van der Waals surface area contributed by atoms with Gasteiger partial charge in [0, 0.05) is 24.8 Å². The second-order valence-corrected chi connectivity index (χ2v) is 4.74. The predicted octanol–water partition coefficient (Wildman–Crippen LogP) is 0.200. The van der Waals surface area contributed by atoms with Gasteiger partial charge in [-0.15, -0.1) is 0 Å². The van der Waals surface area contributed by atoms with Crippen molar-refractivity contribution in [1.82, 2.24) is 10.2 Å². The molecule has 0 aromatic heterocycles. The van der Waals surface area contributed by atoms with Crippen LogP contribution in [0.25, 0.3) is 0 Å². The molecular weight excluding hydrogens is 248 g/mol. The van der Waals surface area contributed by atoms with E-state index in [2.05, 4.69) is 21.2 Å². The van der Waals surface area contributed by atoms with E-state index in [1.54, 1.807) is 6.92 Å². The molecule has 5 heteroatoms. The van der Waals surface area contributed by atoms with Gasteiger partial charge in [-0.3, -0.25) is 4.79 Å². The van der Waals surface area contributed by atoms with Crippen molar-refractivity contribution in [2.24, 2.45) is 0 Å². The minimum Gasteiger partial charge on any atom is -0.387 e. The molecule has 0 aromatic rings. The Bertz CT molecular complexity index is 184. The van der Waals surface area contributed by atoms with Gasteiger partial charge in [-0.25, -0.2) is 0 Å². The molecule has 14 heavy (non-hydrogen) atoms. The van der Waals surface area contributed by atoms with Crippen molar-refractivity contribution in [1.29, 1.82) is 0 Å². The highest BCUT2D eigenvalue weighted by Gasteiger charge is 2.21. The van der Waals surface area contributed by atoms with Crippen LogP contribution in [0.5, 0.6) is 0 Å². The van der Waals surface area contributed by atoms with E-state index < -0.39 is 5.60 Å². The second-order valence-electron chi connectivity index (χ2n) is 3.95. The number of nitrogens with zero attached hydrogens (tertiary/aromatic N) is 1. The van der Waals surface area contributed by atoms with E-state index in [0.29, 0.717) is 18.3 Å². The van der Waals surface area contributed by atoms with Crippen molar-refractivity contribution in [3.63, 3.8) is 0 Å². The van der Waals surface area contributed by atoms with Crippen molar-refractivity contribution in [2.45, 2.75) is 18.9 Å². The molecule has 0 heterocycles. The molecule has 0 radical (unpaired) electrons. The highest BCUT2D eigenvalue weighted by atomic mass is 79.9. The summed E-state index contributed by atoms with van der Waals surface area (Å²) >= 11 is 3.18. The summed E-state index contributed by atoms with van der Waals surface area (Å²) in [7, 11) is 3.77. The summed E-state index contributed by atoms with van der Waals surface area (Å²) in [4.78, 5) is 13.0. The van der Waals surface area contributed by atoms with Crippen LogP contribution in [-0.4, -0.2) is 54.0 Å². The monoisotopic (exact) mass is 266 g/mol. The van der Waals surface area contributed by atoms with Gasteiger partial charge < -0.3 is 15.3 Å². The number of hydrogen-bond acceptors (Lipinski definition) is 3. The Balaban J connectivity index is 3.80. The van der Waals surface area contributed by atoms with Gasteiger partial charge in [0.15, 0.2) is 0 Å². The fraction of sp³-hybridized carbons (Fsp3) is 0.889. The number of halogens is 1. The van der Waals surface area contributed by atoms with Crippen molar-refractivity contribution < 1.29 is 9.90 Å². The summed E-state index contributed by atoms with van der Waals surface area (Å²) in [5.74, 6) is -0.0408. The lowest BCUT2D eigenvalue weighted by Gasteiger charge is -2.27. The Kier molecular flexibility index (Phi) is 6.31. The van der Waals surface area contributed by atoms with Crippen LogP contribution in [-0.2, 0) is 4.79 Å². The third-order valence-corrected chi connectivity index (χ3v) is 2.04. The average molecular weight is 267 g/mol. The highest BCUT2D eigenvalue weighted by molar-refractivity contribution is 9.09. The molecule has 0 saturated heterocycles. The van der Waals surface area contributed by atoms with Gasteiger partial charge in [-0.1, -0.05) is 15.9 Å². The minimum absolute atomic E-state index is 0.0408. The Morgan fingerprint density at radius 2 is 2.14 bits per heavy atom. The molecule has 2 N–H and O–H groups in total. The van der Waals surface area contributed by atoms with E-state index in [1.807, 2.05) is 19.0 Å². The molecule has 0 fully saturated rings. The van der Waals surface area contributed by atoms with Crippen LogP contribution in [0.4, 0.5) is 0 Å². The number of carbonyl (C=O) groups excluding carboxylic acids is 1. The van der Waals surface area contributed by atoms with Crippen LogP contribution in [0.2, 0.25) is 0 Å². The lowest BCUT2D eigenvalue weighted by Crippen LogP contribution is -2.47. The molecule has 0 rings (SSSR count). The number of amides is 1. The van der Waals surface area contributed by atoms with Crippen molar-refractivity contribution in [3.05, 3.63) is 0 Å². The van der Waals surface area contributed by atoms with Crippen LogP contribution in [0, 0.1) is 0 Å². The van der Waals surface area contributed by atoms with Crippen LogP contribution < -0.4 is 5.32 Å². The number of hydrogen-bond donors (Lipinski definition) is 2. The largest absolute Gasteiger partial charge is 0.387 e. The summed E-state index contributed by atoms with van der Waals surface area (Å²) in [6.45, 7) is 2.53. The molecule has 0 bridgehead atoms.